The molecule has 0 radical (unpaired) electrons. The first-order chi connectivity index (χ1) is 6.69. The summed E-state index contributed by atoms with van der Waals surface area (Å²) in [5.74, 6) is -0.293. The predicted octanol–water partition coefficient (Wildman–Crippen LogP) is -0.00690. The Bertz CT molecular complexity index is 284. The van der Waals surface area contributed by atoms with Gasteiger partial charge in [0.25, 0.3) is 0 Å². The standard InChI is InChI=1S/C10H14O4/c11-6-7-1-2-10(8(12)5-7)3-4-14-9(10)13/h5,8,11-12H,1-4,6H2/t8-,10-/m1/s1. The molecule has 1 spiro atoms. The molecule has 0 saturated carbocycles. The van der Waals surface area contributed by atoms with E-state index in [4.69, 9.17) is 9.84 Å². The van der Waals surface area contributed by atoms with Crippen LogP contribution in [0, 0.1) is 5.41 Å². The van der Waals surface area contributed by atoms with Crippen molar-refractivity contribution < 1.29 is 19.7 Å². The van der Waals surface area contributed by atoms with Gasteiger partial charge in [0.15, 0.2) is 0 Å². The van der Waals surface area contributed by atoms with Crippen LogP contribution in [-0.2, 0) is 9.53 Å². The van der Waals surface area contributed by atoms with Crippen molar-refractivity contribution in [3.8, 4) is 0 Å². The van der Waals surface area contributed by atoms with Crippen LogP contribution in [0.4, 0.5) is 0 Å². The Hall–Kier alpha value is -0.870. The Morgan fingerprint density at radius 2 is 2.36 bits per heavy atom. The van der Waals surface area contributed by atoms with E-state index >= 15 is 0 Å². The summed E-state index contributed by atoms with van der Waals surface area (Å²) in [6.45, 7) is 0.361. The molecular weight excluding hydrogens is 184 g/mol. The molecule has 2 rings (SSSR count). The first kappa shape index (κ1) is 9.68. The number of aliphatic hydroxyl groups excluding tert-OH is 2. The van der Waals surface area contributed by atoms with E-state index in [0.29, 0.717) is 25.9 Å². The third-order valence-corrected chi connectivity index (χ3v) is 3.24. The Labute approximate surface area is 82.2 Å². The third kappa shape index (κ3) is 1.26. The van der Waals surface area contributed by atoms with E-state index in [1.54, 1.807) is 6.08 Å². The minimum atomic E-state index is -0.798. The molecule has 0 unspecified atom stereocenters. The van der Waals surface area contributed by atoms with Crippen LogP contribution in [0.3, 0.4) is 0 Å². The average molecular weight is 198 g/mol. The Kier molecular flexibility index (Phi) is 2.33. The molecule has 2 atom stereocenters. The van der Waals surface area contributed by atoms with E-state index in [1.165, 1.54) is 0 Å². The molecule has 2 N–H and O–H groups in total. The lowest BCUT2D eigenvalue weighted by molar-refractivity contribution is -0.151. The number of ether oxygens (including phenoxy) is 1. The molecule has 0 aromatic heterocycles. The van der Waals surface area contributed by atoms with Gasteiger partial charge in [-0.3, -0.25) is 4.79 Å². The maximum Gasteiger partial charge on any atom is 0.315 e. The highest BCUT2D eigenvalue weighted by atomic mass is 16.5. The first-order valence-corrected chi connectivity index (χ1v) is 4.85. The maximum atomic E-state index is 11.5. The van der Waals surface area contributed by atoms with Crippen LogP contribution >= 0.6 is 0 Å². The van der Waals surface area contributed by atoms with Crippen LogP contribution in [0.2, 0.25) is 0 Å². The highest BCUT2D eigenvalue weighted by Crippen LogP contribution is 2.43. The summed E-state index contributed by atoms with van der Waals surface area (Å²) in [5, 5.41) is 18.8. The van der Waals surface area contributed by atoms with Gasteiger partial charge in [0, 0.05) is 6.42 Å². The Morgan fingerprint density at radius 3 is 2.86 bits per heavy atom. The summed E-state index contributed by atoms with van der Waals surface area (Å²) < 4.78 is 4.89. The second-order valence-corrected chi connectivity index (χ2v) is 3.97. The van der Waals surface area contributed by atoms with Gasteiger partial charge in [-0.2, -0.15) is 0 Å². The minimum Gasteiger partial charge on any atom is -0.465 e. The van der Waals surface area contributed by atoms with Crippen LogP contribution in [0.25, 0.3) is 0 Å². The summed E-state index contributed by atoms with van der Waals surface area (Å²) in [7, 11) is 0. The molecule has 0 aromatic rings. The highest BCUT2D eigenvalue weighted by Gasteiger charge is 2.50. The van der Waals surface area contributed by atoms with Crippen molar-refractivity contribution in [1.29, 1.82) is 0 Å². The van der Waals surface area contributed by atoms with Gasteiger partial charge in [-0.25, -0.2) is 0 Å². The fourth-order valence-corrected chi connectivity index (χ4v) is 2.20. The van der Waals surface area contributed by atoms with Crippen LogP contribution in [0.5, 0.6) is 0 Å². The van der Waals surface area contributed by atoms with Gasteiger partial charge in [-0.15, -0.1) is 0 Å². The molecule has 0 bridgehead atoms. The van der Waals surface area contributed by atoms with Gasteiger partial charge in [-0.05, 0) is 18.4 Å². The van der Waals surface area contributed by atoms with E-state index in [-0.39, 0.29) is 12.6 Å². The predicted molar refractivity (Wildman–Crippen MR) is 48.4 cm³/mol. The Morgan fingerprint density at radius 1 is 1.57 bits per heavy atom. The lowest BCUT2D eigenvalue weighted by Gasteiger charge is -2.32. The molecule has 0 amide bonds. The fraction of sp³-hybridized carbons (Fsp3) is 0.700. The van der Waals surface area contributed by atoms with Crippen molar-refractivity contribution in [2.24, 2.45) is 5.41 Å². The van der Waals surface area contributed by atoms with Gasteiger partial charge in [0.05, 0.1) is 19.3 Å². The molecule has 4 nitrogen and oxygen atoms in total. The Balaban J connectivity index is 2.24. The summed E-state index contributed by atoms with van der Waals surface area (Å²) >= 11 is 0. The van der Waals surface area contributed by atoms with E-state index in [1.807, 2.05) is 0 Å². The third-order valence-electron chi connectivity index (χ3n) is 3.24. The SMILES string of the molecule is O=C1OCC[C@@]12CCC(CO)=C[C@H]2O. The van der Waals surface area contributed by atoms with Crippen molar-refractivity contribution in [3.05, 3.63) is 11.6 Å². The molecule has 4 heteroatoms. The fourth-order valence-electron chi connectivity index (χ4n) is 2.20. The zero-order valence-corrected chi connectivity index (χ0v) is 7.90. The number of rotatable bonds is 1. The molecular formula is C10H14O4. The molecule has 78 valence electrons. The topological polar surface area (TPSA) is 66.8 Å². The van der Waals surface area contributed by atoms with Crippen LogP contribution in [-0.4, -0.2) is 35.5 Å². The highest BCUT2D eigenvalue weighted by molar-refractivity contribution is 5.80. The van der Waals surface area contributed by atoms with Crippen molar-refractivity contribution >= 4 is 5.97 Å². The number of cyclic esters (lactones) is 1. The number of hydrogen-bond donors (Lipinski definition) is 2. The number of hydrogen-bond acceptors (Lipinski definition) is 4. The minimum absolute atomic E-state index is 0.0395. The van der Waals surface area contributed by atoms with Crippen molar-refractivity contribution in [2.45, 2.75) is 25.4 Å². The molecule has 1 aliphatic heterocycles. The second-order valence-electron chi connectivity index (χ2n) is 3.97. The van der Waals surface area contributed by atoms with Gasteiger partial charge >= 0.3 is 5.97 Å². The van der Waals surface area contributed by atoms with E-state index in [0.717, 1.165) is 5.57 Å². The van der Waals surface area contributed by atoms with Gasteiger partial charge < -0.3 is 14.9 Å². The second kappa shape index (κ2) is 3.37. The van der Waals surface area contributed by atoms with Gasteiger partial charge in [0.1, 0.15) is 5.41 Å². The first-order valence-electron chi connectivity index (χ1n) is 4.85. The quantitative estimate of drug-likeness (QED) is 0.459. The van der Waals surface area contributed by atoms with E-state index in [2.05, 4.69) is 0 Å². The number of esters is 1. The molecule has 1 aliphatic carbocycles. The zero-order valence-electron chi connectivity index (χ0n) is 7.90. The van der Waals surface area contributed by atoms with Crippen molar-refractivity contribution in [3.63, 3.8) is 0 Å². The molecule has 14 heavy (non-hydrogen) atoms. The van der Waals surface area contributed by atoms with Gasteiger partial charge in [-0.1, -0.05) is 6.08 Å². The summed E-state index contributed by atoms with van der Waals surface area (Å²) in [6.07, 6.45) is 2.63. The number of aliphatic hydroxyl groups is 2. The maximum absolute atomic E-state index is 11.5. The normalized spacial score (nSPS) is 37.1. The smallest absolute Gasteiger partial charge is 0.315 e. The molecule has 1 heterocycles. The number of carbonyl (C=O) groups is 1. The lowest BCUT2D eigenvalue weighted by atomic mass is 9.72. The zero-order chi connectivity index (χ0) is 10.2. The lowest BCUT2D eigenvalue weighted by Crippen LogP contribution is -2.40. The van der Waals surface area contributed by atoms with E-state index < -0.39 is 11.5 Å². The summed E-state index contributed by atoms with van der Waals surface area (Å²) in [5.41, 5.74) is 0.0846. The van der Waals surface area contributed by atoms with Crippen LogP contribution < -0.4 is 0 Å². The van der Waals surface area contributed by atoms with Crippen molar-refractivity contribution in [2.75, 3.05) is 13.2 Å². The summed E-state index contributed by atoms with van der Waals surface area (Å²) in [6, 6.07) is 0. The molecule has 2 aliphatic rings. The largest absolute Gasteiger partial charge is 0.465 e. The van der Waals surface area contributed by atoms with E-state index in [9.17, 15) is 9.90 Å². The monoisotopic (exact) mass is 198 g/mol. The average Bonchev–Trinajstić information content (AvgIpc) is 2.54. The number of carbonyl (C=O) groups excluding carboxylic acids is 1. The summed E-state index contributed by atoms with van der Waals surface area (Å²) in [4.78, 5) is 11.5. The molecule has 0 aromatic carbocycles. The van der Waals surface area contributed by atoms with Crippen LogP contribution in [0.1, 0.15) is 19.3 Å². The van der Waals surface area contributed by atoms with Gasteiger partial charge in [0.2, 0.25) is 0 Å². The molecule has 1 fully saturated rings. The van der Waals surface area contributed by atoms with Crippen LogP contribution in [0.15, 0.2) is 11.6 Å². The van der Waals surface area contributed by atoms with Crippen molar-refractivity contribution in [1.82, 2.24) is 0 Å². The molecule has 1 saturated heterocycles.